The maximum Gasteiger partial charge on any atom is 0.303 e. The first-order chi connectivity index (χ1) is 7.51. The molecule has 4 N–H and O–H groups in total. The van der Waals surface area contributed by atoms with Crippen molar-refractivity contribution >= 4 is 11.9 Å². The van der Waals surface area contributed by atoms with Crippen molar-refractivity contribution in [1.29, 1.82) is 0 Å². The van der Waals surface area contributed by atoms with Gasteiger partial charge in [0, 0.05) is 6.42 Å². The van der Waals surface area contributed by atoms with Gasteiger partial charge in [0.05, 0.1) is 6.04 Å². The maximum atomic E-state index is 11.0. The van der Waals surface area contributed by atoms with Gasteiger partial charge in [-0.1, -0.05) is 20.3 Å². The molecule has 2 atom stereocenters. The van der Waals surface area contributed by atoms with Crippen molar-refractivity contribution < 1.29 is 14.7 Å². The predicted octanol–water partition coefficient (Wildman–Crippen LogP) is 0.731. The quantitative estimate of drug-likeness (QED) is 0.544. The molecule has 0 spiro atoms. The van der Waals surface area contributed by atoms with Crippen molar-refractivity contribution in [2.24, 2.45) is 11.7 Å². The monoisotopic (exact) mass is 230 g/mol. The van der Waals surface area contributed by atoms with Gasteiger partial charge in [0.25, 0.3) is 0 Å². The molecule has 0 radical (unpaired) electrons. The first-order valence-electron chi connectivity index (χ1n) is 5.75. The third-order valence-electron chi connectivity index (χ3n) is 2.56. The minimum Gasteiger partial charge on any atom is -0.481 e. The van der Waals surface area contributed by atoms with E-state index in [0.717, 1.165) is 12.8 Å². The van der Waals surface area contributed by atoms with Gasteiger partial charge in [0.1, 0.15) is 0 Å². The highest BCUT2D eigenvalue weighted by Crippen LogP contribution is 2.10. The van der Waals surface area contributed by atoms with Crippen molar-refractivity contribution in [3.63, 3.8) is 0 Å². The summed E-state index contributed by atoms with van der Waals surface area (Å²) in [4.78, 5) is 21.6. The Labute approximate surface area is 96.4 Å². The molecule has 0 saturated carbocycles. The molecular weight excluding hydrogens is 208 g/mol. The third kappa shape index (κ3) is 6.40. The van der Waals surface area contributed by atoms with E-state index in [1.54, 1.807) is 0 Å². The smallest absolute Gasteiger partial charge is 0.303 e. The Hall–Kier alpha value is -1.10. The number of aliphatic carboxylic acids is 1. The Balaban J connectivity index is 4.08. The third-order valence-corrected chi connectivity index (χ3v) is 2.56. The van der Waals surface area contributed by atoms with E-state index in [1.807, 2.05) is 13.8 Å². The molecule has 0 unspecified atom stereocenters. The zero-order valence-corrected chi connectivity index (χ0v) is 10.0. The minimum atomic E-state index is -0.799. The van der Waals surface area contributed by atoms with Gasteiger partial charge in [-0.2, -0.15) is 0 Å². The Morgan fingerprint density at radius 3 is 2.38 bits per heavy atom. The summed E-state index contributed by atoms with van der Waals surface area (Å²) in [7, 11) is 0. The summed E-state index contributed by atoms with van der Waals surface area (Å²) in [6.07, 6.45) is 2.54. The van der Waals surface area contributed by atoms with E-state index in [0.29, 0.717) is 13.0 Å². The van der Waals surface area contributed by atoms with E-state index in [-0.39, 0.29) is 24.3 Å². The summed E-state index contributed by atoms with van der Waals surface area (Å²) < 4.78 is 0. The number of carboxylic acids is 1. The van der Waals surface area contributed by atoms with Gasteiger partial charge in [-0.15, -0.1) is 0 Å². The number of carboxylic acid groups (broad SMARTS) is 1. The Kier molecular flexibility index (Phi) is 7.54. The number of primary amides is 1. The lowest BCUT2D eigenvalue weighted by molar-refractivity contribution is -0.138. The molecule has 0 aromatic carbocycles. The summed E-state index contributed by atoms with van der Waals surface area (Å²) in [6, 6.07) is -0.354. The van der Waals surface area contributed by atoms with Crippen LogP contribution in [0.1, 0.15) is 39.5 Å². The van der Waals surface area contributed by atoms with E-state index >= 15 is 0 Å². The van der Waals surface area contributed by atoms with Crippen molar-refractivity contribution in [2.45, 2.75) is 45.6 Å². The molecule has 0 aliphatic rings. The molecule has 0 rings (SSSR count). The number of carbonyl (C=O) groups excluding carboxylic acids is 1. The SMILES string of the molecule is CCC[C@H](CN[C@@H](CC)C(N)=O)CC(=O)O. The highest BCUT2D eigenvalue weighted by Gasteiger charge is 2.16. The number of rotatable bonds is 9. The fourth-order valence-electron chi connectivity index (χ4n) is 1.69. The highest BCUT2D eigenvalue weighted by molar-refractivity contribution is 5.79. The minimum absolute atomic E-state index is 0.0656. The molecule has 16 heavy (non-hydrogen) atoms. The van der Waals surface area contributed by atoms with Crippen LogP contribution in [0.2, 0.25) is 0 Å². The van der Waals surface area contributed by atoms with Crippen molar-refractivity contribution in [2.75, 3.05) is 6.54 Å². The molecule has 0 aliphatic carbocycles. The van der Waals surface area contributed by atoms with Gasteiger partial charge in [-0.25, -0.2) is 0 Å². The number of carbonyl (C=O) groups is 2. The summed E-state index contributed by atoms with van der Waals surface area (Å²) in [5.41, 5.74) is 5.19. The average Bonchev–Trinajstić information content (AvgIpc) is 2.17. The van der Waals surface area contributed by atoms with Crippen LogP contribution in [-0.2, 0) is 9.59 Å². The van der Waals surface area contributed by atoms with Gasteiger partial charge in [-0.3, -0.25) is 9.59 Å². The standard InChI is InChI=1S/C11H22N2O3/c1-3-5-8(6-10(14)15)7-13-9(4-2)11(12)16/h8-9,13H,3-7H2,1-2H3,(H2,12,16)(H,14,15)/t8-,9-/m0/s1. The average molecular weight is 230 g/mol. The molecule has 0 heterocycles. The van der Waals surface area contributed by atoms with Crippen molar-refractivity contribution in [3.05, 3.63) is 0 Å². The first kappa shape index (κ1) is 14.9. The zero-order valence-electron chi connectivity index (χ0n) is 10.0. The molecule has 5 heteroatoms. The topological polar surface area (TPSA) is 92.4 Å². The van der Waals surface area contributed by atoms with Crippen LogP contribution in [0.15, 0.2) is 0 Å². The summed E-state index contributed by atoms with van der Waals surface area (Å²) >= 11 is 0. The molecule has 5 nitrogen and oxygen atoms in total. The van der Waals surface area contributed by atoms with Gasteiger partial charge >= 0.3 is 5.97 Å². The molecule has 0 aliphatic heterocycles. The van der Waals surface area contributed by atoms with E-state index in [4.69, 9.17) is 10.8 Å². The Morgan fingerprint density at radius 1 is 1.38 bits per heavy atom. The molecule has 0 bridgehead atoms. The predicted molar refractivity (Wildman–Crippen MR) is 61.9 cm³/mol. The normalized spacial score (nSPS) is 14.4. The van der Waals surface area contributed by atoms with Gasteiger partial charge in [0.15, 0.2) is 0 Å². The van der Waals surface area contributed by atoms with Crippen molar-refractivity contribution in [1.82, 2.24) is 5.32 Å². The fourth-order valence-corrected chi connectivity index (χ4v) is 1.69. The Bertz CT molecular complexity index is 231. The highest BCUT2D eigenvalue weighted by atomic mass is 16.4. The van der Waals surface area contributed by atoms with Crippen LogP contribution in [0.25, 0.3) is 0 Å². The van der Waals surface area contributed by atoms with Crippen LogP contribution >= 0.6 is 0 Å². The molecule has 0 aromatic heterocycles. The number of hydrogen-bond donors (Lipinski definition) is 3. The number of hydrogen-bond acceptors (Lipinski definition) is 3. The number of amides is 1. The maximum absolute atomic E-state index is 11.0. The number of nitrogens with one attached hydrogen (secondary N) is 1. The lowest BCUT2D eigenvalue weighted by Gasteiger charge is -2.18. The first-order valence-corrected chi connectivity index (χ1v) is 5.75. The van der Waals surface area contributed by atoms with E-state index < -0.39 is 5.97 Å². The zero-order chi connectivity index (χ0) is 12.6. The molecule has 94 valence electrons. The summed E-state index contributed by atoms with van der Waals surface area (Å²) in [5, 5.41) is 11.7. The lowest BCUT2D eigenvalue weighted by Crippen LogP contribution is -2.43. The van der Waals surface area contributed by atoms with Crippen LogP contribution in [0.4, 0.5) is 0 Å². The van der Waals surface area contributed by atoms with Gasteiger partial charge < -0.3 is 16.2 Å². The molecule has 0 fully saturated rings. The molecular formula is C11H22N2O3. The summed E-state index contributed by atoms with van der Waals surface area (Å²) in [5.74, 6) is -1.11. The van der Waals surface area contributed by atoms with Crippen molar-refractivity contribution in [3.8, 4) is 0 Å². The molecule has 1 amide bonds. The van der Waals surface area contributed by atoms with Gasteiger partial charge in [-0.05, 0) is 25.3 Å². The van der Waals surface area contributed by atoms with Gasteiger partial charge in [0.2, 0.25) is 5.91 Å². The largest absolute Gasteiger partial charge is 0.481 e. The second-order valence-corrected chi connectivity index (χ2v) is 4.02. The van der Waals surface area contributed by atoms with E-state index in [2.05, 4.69) is 5.32 Å². The van der Waals surface area contributed by atoms with E-state index in [9.17, 15) is 9.59 Å². The second kappa shape index (κ2) is 8.10. The number of nitrogens with two attached hydrogens (primary N) is 1. The van der Waals surface area contributed by atoms with E-state index in [1.165, 1.54) is 0 Å². The van der Waals surface area contributed by atoms with Crippen LogP contribution in [0.3, 0.4) is 0 Å². The molecule has 0 saturated heterocycles. The molecule has 0 aromatic rings. The second-order valence-electron chi connectivity index (χ2n) is 4.02. The van der Waals surface area contributed by atoms with Crippen LogP contribution in [0.5, 0.6) is 0 Å². The lowest BCUT2D eigenvalue weighted by atomic mass is 9.99. The van der Waals surface area contributed by atoms with Crippen LogP contribution in [0, 0.1) is 5.92 Å². The van der Waals surface area contributed by atoms with Crippen LogP contribution in [-0.4, -0.2) is 29.6 Å². The van der Waals surface area contributed by atoms with Crippen LogP contribution < -0.4 is 11.1 Å². The fraction of sp³-hybridized carbons (Fsp3) is 0.818. The summed E-state index contributed by atoms with van der Waals surface area (Å²) in [6.45, 7) is 4.41. The Morgan fingerprint density at radius 2 is 2.00 bits per heavy atom.